The highest BCUT2D eigenvalue weighted by Gasteiger charge is 2.37. The fraction of sp³-hybridized carbons (Fsp3) is 1.00. The molecule has 0 aliphatic carbocycles. The van der Waals surface area contributed by atoms with Gasteiger partial charge in [0.2, 0.25) is 0 Å². The Morgan fingerprint density at radius 3 is 1.15 bits per heavy atom. The van der Waals surface area contributed by atoms with Crippen molar-refractivity contribution in [2.45, 2.75) is 198 Å². The lowest BCUT2D eigenvalue weighted by molar-refractivity contribution is 0.142. The van der Waals surface area contributed by atoms with Gasteiger partial charge in [0.05, 0.1) is 6.67 Å². The molecular weight excluding hydrogens is 535 g/mol. The minimum Gasteiger partial charge on any atom is -0.344 e. The van der Waals surface area contributed by atoms with Gasteiger partial charge < -0.3 is 6.15 Å². The Morgan fingerprint density at radius 2 is 0.825 bits per heavy atom. The largest absolute Gasteiger partial charge is 0.344 e. The second-order valence-corrected chi connectivity index (χ2v) is 13.4. The first-order valence-electron chi connectivity index (χ1n) is 16.6. The van der Waals surface area contributed by atoms with E-state index in [9.17, 15) is 26.1 Å². The van der Waals surface area contributed by atoms with Gasteiger partial charge in [-0.3, -0.25) is 8.94 Å². The predicted octanol–water partition coefficient (Wildman–Crippen LogP) is 11.6. The van der Waals surface area contributed by atoms with Crippen LogP contribution in [0.1, 0.15) is 180 Å². The molecule has 0 aliphatic heterocycles. The Bertz CT molecular complexity index is 610. The van der Waals surface area contributed by atoms with Crippen LogP contribution in [0.4, 0.5) is 13.2 Å². The number of rotatable bonds is 31. The highest BCUT2D eigenvalue weighted by molar-refractivity contribution is 7.86. The molecule has 0 heterocycles. The smallest absolute Gasteiger partial charge is 0.270 e. The van der Waals surface area contributed by atoms with Crippen molar-refractivity contribution < 1.29 is 26.1 Å². The lowest BCUT2D eigenvalue weighted by Crippen LogP contribution is -2.37. The highest BCUT2D eigenvalue weighted by atomic mass is 32.2. The van der Waals surface area contributed by atoms with E-state index >= 15 is 0 Å². The van der Waals surface area contributed by atoms with Gasteiger partial charge >= 0.3 is 0 Å². The fourth-order valence-electron chi connectivity index (χ4n) is 5.43. The maximum atomic E-state index is 14.6. The quantitative estimate of drug-likeness (QED) is 0.0611. The minimum absolute atomic E-state index is 0. The summed E-state index contributed by atoms with van der Waals surface area (Å²) in [5.74, 6) is 0. The normalized spacial score (nSPS) is 14.1. The zero-order valence-corrected chi connectivity index (χ0v) is 26.9. The summed E-state index contributed by atoms with van der Waals surface area (Å²) in [7, 11) is -4.63. The van der Waals surface area contributed by atoms with Crippen LogP contribution in [0.2, 0.25) is 0 Å². The molecule has 0 aromatic carbocycles. The zero-order valence-electron chi connectivity index (χ0n) is 26.0. The first kappa shape index (κ1) is 41.8. The van der Waals surface area contributed by atoms with Crippen molar-refractivity contribution in [1.29, 1.82) is 0 Å². The molecule has 40 heavy (non-hydrogen) atoms. The molecule has 4 N–H and O–H groups in total. The van der Waals surface area contributed by atoms with Crippen molar-refractivity contribution in [2.75, 3.05) is 6.67 Å². The average molecular weight is 602 g/mol. The van der Waals surface area contributed by atoms with Crippen LogP contribution in [-0.4, -0.2) is 37.2 Å². The lowest BCUT2D eigenvalue weighted by atomic mass is 10.00. The van der Waals surface area contributed by atoms with Crippen molar-refractivity contribution in [1.82, 2.24) is 6.15 Å². The van der Waals surface area contributed by atoms with Crippen molar-refractivity contribution >= 4 is 10.1 Å². The van der Waals surface area contributed by atoms with E-state index in [1.54, 1.807) is 0 Å². The van der Waals surface area contributed by atoms with E-state index in [2.05, 4.69) is 6.92 Å². The Balaban J connectivity index is 0. The molecule has 0 radical (unpaired) electrons. The van der Waals surface area contributed by atoms with Crippen LogP contribution in [0.3, 0.4) is 0 Å². The van der Waals surface area contributed by atoms with E-state index in [1.807, 2.05) is 0 Å². The molecule has 0 saturated carbocycles. The summed E-state index contributed by atoms with van der Waals surface area (Å²) in [6, 6.07) is 0. The molecule has 0 aromatic heterocycles. The van der Waals surface area contributed by atoms with Crippen LogP contribution >= 0.6 is 0 Å². The summed E-state index contributed by atoms with van der Waals surface area (Å²) >= 11 is 0. The Morgan fingerprint density at radius 1 is 0.525 bits per heavy atom. The van der Waals surface area contributed by atoms with Gasteiger partial charge in [-0.25, -0.2) is 8.78 Å². The Kier molecular flexibility index (Phi) is 31.5. The van der Waals surface area contributed by atoms with Crippen LogP contribution in [0.5, 0.6) is 0 Å². The van der Waals surface area contributed by atoms with Gasteiger partial charge in [-0.1, -0.05) is 161 Å². The molecule has 8 heteroatoms. The van der Waals surface area contributed by atoms with Crippen LogP contribution in [0.25, 0.3) is 0 Å². The minimum atomic E-state index is -4.63. The first-order chi connectivity index (χ1) is 18.8. The van der Waals surface area contributed by atoms with E-state index in [0.717, 1.165) is 57.8 Å². The van der Waals surface area contributed by atoms with E-state index in [0.29, 0.717) is 19.3 Å². The number of hydrogen-bond donors (Lipinski definition) is 2. The maximum absolute atomic E-state index is 14.6. The van der Waals surface area contributed by atoms with Gasteiger partial charge in [0.15, 0.2) is 6.17 Å². The van der Waals surface area contributed by atoms with Crippen molar-refractivity contribution in [3.8, 4) is 0 Å². The van der Waals surface area contributed by atoms with Gasteiger partial charge in [-0.05, 0) is 19.3 Å². The van der Waals surface area contributed by atoms with Crippen molar-refractivity contribution in [3.63, 3.8) is 0 Å². The van der Waals surface area contributed by atoms with E-state index in [1.165, 1.54) is 83.5 Å². The summed E-state index contributed by atoms with van der Waals surface area (Å²) < 4.78 is 74.0. The SMILES string of the molecule is CCCCCCCCCCCCCCCCCCCCC(C(F)C(F)CCCCCCCCCF)S(=O)(=O)O.N. The molecule has 0 fully saturated rings. The molecule has 3 unspecified atom stereocenters. The zero-order chi connectivity index (χ0) is 29.0. The molecule has 0 aromatic rings. The molecule has 244 valence electrons. The summed E-state index contributed by atoms with van der Waals surface area (Å²) in [6.45, 7) is 1.96. The Labute approximate surface area is 246 Å². The first-order valence-corrected chi connectivity index (χ1v) is 18.1. The van der Waals surface area contributed by atoms with E-state index in [-0.39, 0.29) is 25.7 Å². The standard InChI is InChI=1S/C32H63F3O3S.H3N/c1-2-3-4-5-6-7-8-9-10-11-12-13-14-15-16-19-22-25-28-31(39(36,37)38)32(35)30(34)27-24-21-18-17-20-23-26-29-33;/h30-32H,2-29H2,1H3,(H,36,37,38);1H3. The topological polar surface area (TPSA) is 89.4 Å². The van der Waals surface area contributed by atoms with Crippen LogP contribution < -0.4 is 6.15 Å². The Hall–Kier alpha value is -0.340. The summed E-state index contributed by atoms with van der Waals surface area (Å²) in [6.07, 6.45) is 23.2. The third-order valence-electron chi connectivity index (χ3n) is 8.04. The number of alkyl halides is 3. The third-order valence-corrected chi connectivity index (χ3v) is 9.30. The predicted molar refractivity (Wildman–Crippen MR) is 166 cm³/mol. The number of halogens is 3. The van der Waals surface area contributed by atoms with Gasteiger partial charge in [0.25, 0.3) is 10.1 Å². The second-order valence-electron chi connectivity index (χ2n) is 11.8. The van der Waals surface area contributed by atoms with Gasteiger partial charge in [0.1, 0.15) is 11.4 Å². The van der Waals surface area contributed by atoms with Crippen LogP contribution in [0, 0.1) is 0 Å². The molecule has 0 rings (SSSR count). The van der Waals surface area contributed by atoms with E-state index in [4.69, 9.17) is 0 Å². The lowest BCUT2D eigenvalue weighted by Gasteiger charge is -2.21. The van der Waals surface area contributed by atoms with E-state index < -0.39 is 27.7 Å². The average Bonchev–Trinajstić information content (AvgIpc) is 2.90. The molecule has 4 nitrogen and oxygen atoms in total. The van der Waals surface area contributed by atoms with Gasteiger partial charge in [-0.15, -0.1) is 0 Å². The number of hydrogen-bond acceptors (Lipinski definition) is 3. The summed E-state index contributed by atoms with van der Waals surface area (Å²) in [5, 5.41) is -1.67. The summed E-state index contributed by atoms with van der Waals surface area (Å²) in [5.41, 5.74) is 0. The van der Waals surface area contributed by atoms with Gasteiger partial charge in [-0.2, -0.15) is 8.42 Å². The second kappa shape index (κ2) is 30.1. The molecule has 0 spiro atoms. The number of unbranched alkanes of at least 4 members (excludes halogenated alkanes) is 23. The van der Waals surface area contributed by atoms with Gasteiger partial charge in [0, 0.05) is 0 Å². The summed E-state index contributed by atoms with van der Waals surface area (Å²) in [4.78, 5) is 0. The van der Waals surface area contributed by atoms with Crippen LogP contribution in [0.15, 0.2) is 0 Å². The highest BCUT2D eigenvalue weighted by Crippen LogP contribution is 2.25. The van der Waals surface area contributed by atoms with Crippen molar-refractivity contribution in [3.05, 3.63) is 0 Å². The fourth-order valence-corrected chi connectivity index (χ4v) is 6.39. The molecule has 0 amide bonds. The monoisotopic (exact) mass is 601 g/mol. The molecule has 3 atom stereocenters. The molecular formula is C32H66F3NO3S. The molecule has 0 bridgehead atoms. The van der Waals surface area contributed by atoms with Crippen molar-refractivity contribution in [2.24, 2.45) is 0 Å². The van der Waals surface area contributed by atoms with Crippen LogP contribution in [-0.2, 0) is 10.1 Å². The molecule has 0 saturated heterocycles. The maximum Gasteiger partial charge on any atom is 0.270 e. The molecule has 0 aliphatic rings. The third kappa shape index (κ3) is 26.6.